The summed E-state index contributed by atoms with van der Waals surface area (Å²) in [6.45, 7) is 1.69. The number of nitro groups is 1. The highest BCUT2D eigenvalue weighted by atomic mass is 35.5. The number of amidine groups is 1. The standard InChI is InChI=1S/C14H12ClN3O3/c1-8-6-10(18(19)20)3-5-12(8)21-13-7-9(15)2-4-11(13)14(16)17/h2-7H,1H3,(H3,16,17). The van der Waals surface area contributed by atoms with Crippen LogP contribution < -0.4 is 10.5 Å². The molecule has 0 bridgehead atoms. The van der Waals surface area contributed by atoms with Crippen molar-refractivity contribution in [1.29, 1.82) is 5.41 Å². The number of nitrogens with two attached hydrogens (primary N) is 1. The first-order valence-corrected chi connectivity index (χ1v) is 6.33. The Morgan fingerprint density at radius 3 is 2.57 bits per heavy atom. The zero-order valence-corrected chi connectivity index (χ0v) is 11.8. The van der Waals surface area contributed by atoms with Crippen molar-refractivity contribution in [3.8, 4) is 11.5 Å². The summed E-state index contributed by atoms with van der Waals surface area (Å²) >= 11 is 5.91. The molecule has 21 heavy (non-hydrogen) atoms. The summed E-state index contributed by atoms with van der Waals surface area (Å²) < 4.78 is 5.69. The average Bonchev–Trinajstić information content (AvgIpc) is 2.40. The topological polar surface area (TPSA) is 102 Å². The number of nitro benzene ring substituents is 1. The fourth-order valence-corrected chi connectivity index (χ4v) is 1.95. The van der Waals surface area contributed by atoms with Crippen LogP contribution in [0.4, 0.5) is 5.69 Å². The Balaban J connectivity index is 2.40. The molecule has 0 aliphatic heterocycles. The van der Waals surface area contributed by atoms with E-state index in [4.69, 9.17) is 27.5 Å². The van der Waals surface area contributed by atoms with Crippen LogP contribution in [-0.2, 0) is 0 Å². The third-order valence-electron chi connectivity index (χ3n) is 2.82. The van der Waals surface area contributed by atoms with Gasteiger partial charge in [0.25, 0.3) is 5.69 Å². The van der Waals surface area contributed by atoms with Gasteiger partial charge in [0.2, 0.25) is 0 Å². The highest BCUT2D eigenvalue weighted by molar-refractivity contribution is 6.30. The highest BCUT2D eigenvalue weighted by Crippen LogP contribution is 2.31. The molecule has 7 heteroatoms. The molecule has 2 aromatic rings. The van der Waals surface area contributed by atoms with Gasteiger partial charge in [-0.3, -0.25) is 15.5 Å². The maximum absolute atomic E-state index is 10.7. The molecule has 0 heterocycles. The van der Waals surface area contributed by atoms with E-state index in [2.05, 4.69) is 0 Å². The van der Waals surface area contributed by atoms with Crippen molar-refractivity contribution in [2.24, 2.45) is 5.73 Å². The molecule has 108 valence electrons. The van der Waals surface area contributed by atoms with Crippen molar-refractivity contribution in [2.75, 3.05) is 0 Å². The Kier molecular flexibility index (Phi) is 4.09. The number of nitrogens with one attached hydrogen (secondary N) is 1. The van der Waals surface area contributed by atoms with Crippen LogP contribution >= 0.6 is 11.6 Å². The van der Waals surface area contributed by atoms with Gasteiger partial charge in [-0.25, -0.2) is 0 Å². The quantitative estimate of drug-likeness (QED) is 0.389. The third kappa shape index (κ3) is 3.29. The average molecular weight is 306 g/mol. The second kappa shape index (κ2) is 5.80. The normalized spacial score (nSPS) is 10.2. The van der Waals surface area contributed by atoms with Gasteiger partial charge in [-0.05, 0) is 30.7 Å². The molecule has 0 spiro atoms. The van der Waals surface area contributed by atoms with E-state index in [1.54, 1.807) is 25.1 Å². The third-order valence-corrected chi connectivity index (χ3v) is 3.06. The number of benzene rings is 2. The molecule has 6 nitrogen and oxygen atoms in total. The molecule has 0 saturated carbocycles. The number of rotatable bonds is 4. The molecule has 3 N–H and O–H groups in total. The summed E-state index contributed by atoms with van der Waals surface area (Å²) in [5.41, 5.74) is 6.47. The molecule has 0 aliphatic rings. The van der Waals surface area contributed by atoms with Gasteiger partial charge in [-0.1, -0.05) is 11.6 Å². The van der Waals surface area contributed by atoms with Crippen LogP contribution in [0.1, 0.15) is 11.1 Å². The molecule has 2 aromatic carbocycles. The van der Waals surface area contributed by atoms with Gasteiger partial charge >= 0.3 is 0 Å². The summed E-state index contributed by atoms with van der Waals surface area (Å²) in [6, 6.07) is 8.99. The van der Waals surface area contributed by atoms with Gasteiger partial charge in [0.1, 0.15) is 17.3 Å². The highest BCUT2D eigenvalue weighted by Gasteiger charge is 2.13. The summed E-state index contributed by atoms with van der Waals surface area (Å²) in [5, 5.41) is 18.7. The van der Waals surface area contributed by atoms with Gasteiger partial charge in [0.15, 0.2) is 0 Å². The molecular formula is C14H12ClN3O3. The van der Waals surface area contributed by atoms with Gasteiger partial charge in [0, 0.05) is 23.2 Å². The predicted molar refractivity (Wildman–Crippen MR) is 80.4 cm³/mol. The van der Waals surface area contributed by atoms with E-state index in [0.29, 0.717) is 27.6 Å². The summed E-state index contributed by atoms with van der Waals surface area (Å²) in [7, 11) is 0. The lowest BCUT2D eigenvalue weighted by molar-refractivity contribution is -0.384. The number of hydrogen-bond donors (Lipinski definition) is 2. The summed E-state index contributed by atoms with van der Waals surface area (Å²) in [6.07, 6.45) is 0. The Labute approximate surface area is 125 Å². The first kappa shape index (κ1) is 14.8. The first-order valence-electron chi connectivity index (χ1n) is 5.95. The minimum absolute atomic E-state index is 0.0160. The summed E-state index contributed by atoms with van der Waals surface area (Å²) in [5.74, 6) is 0.610. The number of nitrogen functional groups attached to an aromatic ring is 1. The van der Waals surface area contributed by atoms with Crippen LogP contribution in [0.3, 0.4) is 0 Å². The smallest absolute Gasteiger partial charge is 0.269 e. The van der Waals surface area contributed by atoms with Gasteiger partial charge < -0.3 is 10.5 Å². The molecule has 0 unspecified atom stereocenters. The number of ether oxygens (including phenoxy) is 1. The van der Waals surface area contributed by atoms with Crippen molar-refractivity contribution in [2.45, 2.75) is 6.92 Å². The van der Waals surface area contributed by atoms with Gasteiger partial charge in [0.05, 0.1) is 10.5 Å². The van der Waals surface area contributed by atoms with E-state index in [0.717, 1.165) is 0 Å². The Morgan fingerprint density at radius 2 is 2.00 bits per heavy atom. The molecule has 0 aliphatic carbocycles. The van der Waals surface area contributed by atoms with Crippen LogP contribution in [0.25, 0.3) is 0 Å². The van der Waals surface area contributed by atoms with Crippen LogP contribution in [0, 0.1) is 22.4 Å². The molecule has 0 radical (unpaired) electrons. The minimum Gasteiger partial charge on any atom is -0.456 e. The van der Waals surface area contributed by atoms with Crippen LogP contribution in [0.2, 0.25) is 5.02 Å². The van der Waals surface area contributed by atoms with Gasteiger partial charge in [-0.2, -0.15) is 0 Å². The maximum atomic E-state index is 10.7. The van der Waals surface area contributed by atoms with Crippen LogP contribution in [0.5, 0.6) is 11.5 Å². The largest absolute Gasteiger partial charge is 0.456 e. The number of nitrogens with zero attached hydrogens (tertiary/aromatic N) is 1. The van der Waals surface area contributed by atoms with Crippen LogP contribution in [-0.4, -0.2) is 10.8 Å². The number of aryl methyl sites for hydroxylation is 1. The Bertz CT molecular complexity index is 731. The van der Waals surface area contributed by atoms with E-state index in [-0.39, 0.29) is 11.5 Å². The van der Waals surface area contributed by atoms with E-state index in [9.17, 15) is 10.1 Å². The predicted octanol–water partition coefficient (Wildman–Crippen LogP) is 3.63. The van der Waals surface area contributed by atoms with Crippen LogP contribution in [0.15, 0.2) is 36.4 Å². The molecule has 2 rings (SSSR count). The zero-order chi connectivity index (χ0) is 15.6. The Hall–Kier alpha value is -2.60. The molecule has 0 atom stereocenters. The van der Waals surface area contributed by atoms with E-state index >= 15 is 0 Å². The van der Waals surface area contributed by atoms with Crippen molar-refractivity contribution < 1.29 is 9.66 Å². The van der Waals surface area contributed by atoms with Crippen molar-refractivity contribution in [1.82, 2.24) is 0 Å². The van der Waals surface area contributed by atoms with Crippen molar-refractivity contribution in [3.63, 3.8) is 0 Å². The molecule has 0 fully saturated rings. The zero-order valence-electron chi connectivity index (χ0n) is 11.1. The minimum atomic E-state index is -0.475. The molecule has 0 amide bonds. The maximum Gasteiger partial charge on any atom is 0.269 e. The fourth-order valence-electron chi connectivity index (χ4n) is 1.78. The lowest BCUT2D eigenvalue weighted by atomic mass is 10.1. The number of hydrogen-bond acceptors (Lipinski definition) is 4. The van der Waals surface area contributed by atoms with Gasteiger partial charge in [-0.15, -0.1) is 0 Å². The Morgan fingerprint density at radius 1 is 1.29 bits per heavy atom. The summed E-state index contributed by atoms with van der Waals surface area (Å²) in [4.78, 5) is 10.2. The SMILES string of the molecule is Cc1cc([N+](=O)[O-])ccc1Oc1cc(Cl)ccc1C(=N)N. The van der Waals surface area contributed by atoms with Crippen molar-refractivity contribution >= 4 is 23.1 Å². The fraction of sp³-hybridized carbons (Fsp3) is 0.0714. The van der Waals surface area contributed by atoms with E-state index < -0.39 is 4.92 Å². The molecule has 0 aromatic heterocycles. The lowest BCUT2D eigenvalue weighted by Gasteiger charge is -2.12. The van der Waals surface area contributed by atoms with E-state index in [1.165, 1.54) is 18.2 Å². The second-order valence-corrected chi connectivity index (χ2v) is 4.80. The number of halogens is 1. The van der Waals surface area contributed by atoms with E-state index in [1.807, 2.05) is 0 Å². The van der Waals surface area contributed by atoms with Crippen molar-refractivity contribution in [3.05, 3.63) is 62.7 Å². The molecular weight excluding hydrogens is 294 g/mol. The number of non-ortho nitro benzene ring substituents is 1. The monoisotopic (exact) mass is 305 g/mol. The second-order valence-electron chi connectivity index (χ2n) is 4.36. The lowest BCUT2D eigenvalue weighted by Crippen LogP contribution is -2.12. The first-order chi connectivity index (χ1) is 9.88. The molecule has 0 saturated heterocycles.